The highest BCUT2D eigenvalue weighted by Gasteiger charge is 2.19. The Labute approximate surface area is 146 Å². The van der Waals surface area contributed by atoms with Crippen molar-refractivity contribution in [3.8, 4) is 0 Å². The minimum Gasteiger partial charge on any atom is -0.347 e. The van der Waals surface area contributed by atoms with E-state index in [2.05, 4.69) is 5.32 Å². The quantitative estimate of drug-likeness (QED) is 0.718. The van der Waals surface area contributed by atoms with Crippen LogP contribution in [0.5, 0.6) is 0 Å². The topological polar surface area (TPSA) is 51.1 Å². The van der Waals surface area contributed by atoms with E-state index in [0.717, 1.165) is 11.6 Å². The van der Waals surface area contributed by atoms with Crippen molar-refractivity contribution >= 4 is 22.5 Å². The molecule has 0 unspecified atom stereocenters. The molecule has 0 spiro atoms. The zero-order valence-corrected chi connectivity index (χ0v) is 14.1. The molecule has 0 aliphatic carbocycles. The maximum Gasteiger partial charge on any atom is 0.261 e. The number of pyridine rings is 1. The predicted octanol–water partition coefficient (Wildman–Crippen LogP) is 4.00. The van der Waals surface area contributed by atoms with Crippen LogP contribution in [0.4, 0.5) is 18.9 Å². The normalized spacial score (nSPS) is 11.0. The van der Waals surface area contributed by atoms with E-state index in [1.807, 2.05) is 19.9 Å². The molecule has 7 heteroatoms. The molecule has 1 amide bonds. The number of rotatable bonds is 3. The summed E-state index contributed by atoms with van der Waals surface area (Å²) >= 11 is 0. The van der Waals surface area contributed by atoms with Crippen LogP contribution in [-0.4, -0.2) is 10.5 Å². The van der Waals surface area contributed by atoms with Gasteiger partial charge in [0.25, 0.3) is 5.91 Å². The Morgan fingerprint density at radius 2 is 1.85 bits per heavy atom. The van der Waals surface area contributed by atoms with Gasteiger partial charge in [-0.1, -0.05) is 11.6 Å². The number of amides is 1. The highest BCUT2D eigenvalue weighted by molar-refractivity contribution is 6.05. The summed E-state index contributed by atoms with van der Waals surface area (Å²) in [5.74, 6) is -5.48. The van der Waals surface area contributed by atoms with Crippen LogP contribution >= 0.6 is 0 Å². The maximum atomic E-state index is 13.8. The summed E-state index contributed by atoms with van der Waals surface area (Å²) in [5, 5.41) is 2.48. The first-order chi connectivity index (χ1) is 12.3. The van der Waals surface area contributed by atoms with E-state index >= 15 is 0 Å². The Morgan fingerprint density at radius 1 is 1.12 bits per heavy atom. The average Bonchev–Trinajstić information content (AvgIpc) is 2.62. The van der Waals surface area contributed by atoms with E-state index in [1.165, 1.54) is 6.20 Å². The number of nitrogens with zero attached hydrogens (tertiary/aromatic N) is 1. The van der Waals surface area contributed by atoms with Crippen LogP contribution in [0.1, 0.15) is 22.8 Å². The number of anilines is 1. The Morgan fingerprint density at radius 3 is 2.54 bits per heavy atom. The average molecular weight is 360 g/mol. The number of carbonyl (C=O) groups excluding carboxylic acids is 1. The molecule has 26 heavy (non-hydrogen) atoms. The Kier molecular flexibility index (Phi) is 4.54. The van der Waals surface area contributed by atoms with Gasteiger partial charge >= 0.3 is 0 Å². The lowest BCUT2D eigenvalue weighted by molar-refractivity contribution is 0.102. The van der Waals surface area contributed by atoms with Crippen LogP contribution in [0.25, 0.3) is 10.9 Å². The molecule has 0 fully saturated rings. The lowest BCUT2D eigenvalue weighted by Crippen LogP contribution is -2.24. The van der Waals surface area contributed by atoms with Gasteiger partial charge in [-0.2, -0.15) is 0 Å². The largest absolute Gasteiger partial charge is 0.347 e. The van der Waals surface area contributed by atoms with Crippen LogP contribution in [0.15, 0.2) is 41.3 Å². The van der Waals surface area contributed by atoms with Crippen LogP contribution < -0.4 is 10.7 Å². The van der Waals surface area contributed by atoms with Gasteiger partial charge in [0.2, 0.25) is 5.43 Å². The van der Waals surface area contributed by atoms with Gasteiger partial charge in [-0.05, 0) is 38.1 Å². The summed E-state index contributed by atoms with van der Waals surface area (Å²) in [7, 11) is 0. The number of carbonyl (C=O) groups is 1. The van der Waals surface area contributed by atoms with Crippen molar-refractivity contribution in [3.05, 3.63) is 75.3 Å². The van der Waals surface area contributed by atoms with E-state index in [1.54, 1.807) is 16.7 Å². The Balaban J connectivity index is 2.10. The van der Waals surface area contributed by atoms with Gasteiger partial charge in [0.1, 0.15) is 5.56 Å². The molecule has 2 aromatic carbocycles. The molecule has 0 saturated carbocycles. The van der Waals surface area contributed by atoms with Crippen molar-refractivity contribution in [3.63, 3.8) is 0 Å². The molecule has 134 valence electrons. The van der Waals surface area contributed by atoms with Gasteiger partial charge < -0.3 is 9.88 Å². The minimum absolute atomic E-state index is 0.214. The lowest BCUT2D eigenvalue weighted by atomic mass is 10.1. The van der Waals surface area contributed by atoms with Crippen LogP contribution in [0.3, 0.4) is 0 Å². The summed E-state index contributed by atoms with van der Waals surface area (Å²) < 4.78 is 41.8. The first-order valence-electron chi connectivity index (χ1n) is 7.92. The standard InChI is InChI=1S/C19H15F3N2O2/c1-3-24-9-12(18(25)11-8-10(2)4-7-15(11)24)19(26)23-14-6-5-13(20)16(21)17(14)22/h4-9H,3H2,1-2H3,(H,23,26). The van der Waals surface area contributed by atoms with Gasteiger partial charge in [-0.25, -0.2) is 13.2 Å². The van der Waals surface area contributed by atoms with E-state index in [0.29, 0.717) is 23.5 Å². The molecule has 1 N–H and O–H groups in total. The van der Waals surface area contributed by atoms with Crippen molar-refractivity contribution in [2.75, 3.05) is 5.32 Å². The predicted molar refractivity (Wildman–Crippen MR) is 92.9 cm³/mol. The molecular weight excluding hydrogens is 345 g/mol. The fraction of sp³-hybridized carbons (Fsp3) is 0.158. The number of fused-ring (bicyclic) bond motifs is 1. The maximum absolute atomic E-state index is 13.8. The third kappa shape index (κ3) is 2.96. The number of nitrogens with one attached hydrogen (secondary N) is 1. The lowest BCUT2D eigenvalue weighted by Gasteiger charge is -2.13. The third-order valence-corrected chi connectivity index (χ3v) is 4.10. The summed E-state index contributed by atoms with van der Waals surface area (Å²) in [6.07, 6.45) is 1.37. The summed E-state index contributed by atoms with van der Waals surface area (Å²) in [4.78, 5) is 25.2. The molecule has 3 aromatic rings. The number of benzene rings is 2. The molecule has 3 rings (SSSR count). The minimum atomic E-state index is -1.69. The van der Waals surface area contributed by atoms with E-state index < -0.39 is 34.5 Å². The van der Waals surface area contributed by atoms with Crippen LogP contribution in [0, 0.1) is 24.4 Å². The molecule has 4 nitrogen and oxygen atoms in total. The van der Waals surface area contributed by atoms with E-state index in [9.17, 15) is 22.8 Å². The number of halogens is 3. The van der Waals surface area contributed by atoms with Gasteiger partial charge in [-0.15, -0.1) is 0 Å². The smallest absolute Gasteiger partial charge is 0.261 e. The van der Waals surface area contributed by atoms with E-state index in [4.69, 9.17) is 0 Å². The molecule has 0 aliphatic rings. The van der Waals surface area contributed by atoms with Crippen molar-refractivity contribution in [2.24, 2.45) is 0 Å². The molecule has 1 aromatic heterocycles. The Hall–Kier alpha value is -3.09. The highest BCUT2D eigenvalue weighted by Crippen LogP contribution is 2.21. The zero-order valence-electron chi connectivity index (χ0n) is 14.1. The molecule has 0 saturated heterocycles. The zero-order chi connectivity index (χ0) is 19.0. The van der Waals surface area contributed by atoms with Crippen LogP contribution in [-0.2, 0) is 6.54 Å². The number of aryl methyl sites for hydroxylation is 2. The van der Waals surface area contributed by atoms with Crippen LogP contribution in [0.2, 0.25) is 0 Å². The number of hydrogen-bond donors (Lipinski definition) is 1. The first-order valence-corrected chi connectivity index (χ1v) is 7.92. The van der Waals surface area contributed by atoms with E-state index in [-0.39, 0.29) is 5.56 Å². The molecule has 0 bridgehead atoms. The number of hydrogen-bond acceptors (Lipinski definition) is 2. The second-order valence-electron chi connectivity index (χ2n) is 5.86. The second-order valence-corrected chi connectivity index (χ2v) is 5.86. The van der Waals surface area contributed by atoms with Gasteiger partial charge in [-0.3, -0.25) is 9.59 Å². The fourth-order valence-corrected chi connectivity index (χ4v) is 2.75. The van der Waals surface area contributed by atoms with Gasteiger partial charge in [0.15, 0.2) is 17.5 Å². The molecule has 0 radical (unpaired) electrons. The van der Waals surface area contributed by atoms with Crippen molar-refractivity contribution in [2.45, 2.75) is 20.4 Å². The second kappa shape index (κ2) is 6.67. The van der Waals surface area contributed by atoms with Crippen molar-refractivity contribution in [1.29, 1.82) is 0 Å². The van der Waals surface area contributed by atoms with Gasteiger partial charge in [0, 0.05) is 18.1 Å². The fourth-order valence-electron chi connectivity index (χ4n) is 2.75. The first kappa shape index (κ1) is 17.7. The summed E-state index contributed by atoms with van der Waals surface area (Å²) in [5.41, 5.74) is 0.240. The highest BCUT2D eigenvalue weighted by atomic mass is 19.2. The third-order valence-electron chi connectivity index (χ3n) is 4.10. The summed E-state index contributed by atoms with van der Waals surface area (Å²) in [6, 6.07) is 6.90. The van der Waals surface area contributed by atoms with Crippen molar-refractivity contribution in [1.82, 2.24) is 4.57 Å². The molecule has 0 atom stereocenters. The van der Waals surface area contributed by atoms with Gasteiger partial charge in [0.05, 0.1) is 11.2 Å². The molecule has 1 heterocycles. The number of aromatic nitrogens is 1. The summed E-state index contributed by atoms with van der Waals surface area (Å²) in [6.45, 7) is 4.17. The SMILES string of the molecule is CCn1cc(C(=O)Nc2ccc(F)c(F)c2F)c(=O)c2cc(C)ccc21. The van der Waals surface area contributed by atoms with Crippen molar-refractivity contribution < 1.29 is 18.0 Å². The molecular formula is C19H15F3N2O2. The Bertz CT molecular complexity index is 1090. The monoisotopic (exact) mass is 360 g/mol. The molecule has 0 aliphatic heterocycles.